The molecule has 0 radical (unpaired) electrons. The number of benzene rings is 1. The van der Waals surface area contributed by atoms with Gasteiger partial charge in [-0.3, -0.25) is 14.6 Å². The summed E-state index contributed by atoms with van der Waals surface area (Å²) in [7, 11) is 3.34. The Morgan fingerprint density at radius 1 is 1.38 bits per heavy atom. The molecule has 0 bridgehead atoms. The second-order valence-electron chi connectivity index (χ2n) is 5.58. The lowest BCUT2D eigenvalue weighted by molar-refractivity contribution is 0.0828. The normalized spacial score (nSPS) is 11.0. The van der Waals surface area contributed by atoms with Gasteiger partial charge in [-0.1, -0.05) is 17.7 Å². The van der Waals surface area contributed by atoms with Crippen LogP contribution in [0.1, 0.15) is 15.9 Å². The maximum atomic E-state index is 12.3. The van der Waals surface area contributed by atoms with Gasteiger partial charge in [-0.25, -0.2) is 4.98 Å². The molecule has 24 heavy (non-hydrogen) atoms. The predicted octanol–water partition coefficient (Wildman–Crippen LogP) is 2.90. The van der Waals surface area contributed by atoms with E-state index in [1.807, 2.05) is 13.0 Å². The molecule has 8 heteroatoms. The monoisotopic (exact) mass is 362 g/mol. The summed E-state index contributed by atoms with van der Waals surface area (Å²) in [5, 5.41) is 0.899. The van der Waals surface area contributed by atoms with Gasteiger partial charge in [-0.15, -0.1) is 11.3 Å². The second kappa shape index (κ2) is 5.92. The van der Waals surface area contributed by atoms with Gasteiger partial charge in [0.25, 0.3) is 11.5 Å². The maximum absolute atomic E-state index is 12.3. The largest absolute Gasteiger partial charge is 0.369 e. The van der Waals surface area contributed by atoms with Gasteiger partial charge < -0.3 is 10.6 Å². The van der Waals surface area contributed by atoms with Crippen molar-refractivity contribution >= 4 is 45.0 Å². The first-order valence-corrected chi connectivity index (χ1v) is 8.29. The van der Waals surface area contributed by atoms with E-state index in [9.17, 15) is 9.59 Å². The summed E-state index contributed by atoms with van der Waals surface area (Å²) in [6.45, 7) is 1.85. The SMILES string of the molecule is Cc1c(-c2ccc(Cl)c(C(=O)N(C)C)c2)sc2nc(N)[nH]c(=O)c12. The molecule has 0 aliphatic carbocycles. The Morgan fingerprint density at radius 3 is 2.75 bits per heavy atom. The van der Waals surface area contributed by atoms with Crippen molar-refractivity contribution in [1.29, 1.82) is 0 Å². The number of halogens is 1. The van der Waals surface area contributed by atoms with Crippen LogP contribution in [0.25, 0.3) is 20.7 Å². The van der Waals surface area contributed by atoms with Crippen LogP contribution in [0.4, 0.5) is 5.95 Å². The number of nitrogens with zero attached hydrogens (tertiary/aromatic N) is 2. The van der Waals surface area contributed by atoms with Crippen LogP contribution in [0.15, 0.2) is 23.0 Å². The van der Waals surface area contributed by atoms with Crippen molar-refractivity contribution in [2.45, 2.75) is 6.92 Å². The Labute approximate surface area is 146 Å². The number of hydrogen-bond donors (Lipinski definition) is 2. The molecular formula is C16H15ClN4O2S. The van der Waals surface area contributed by atoms with Crippen molar-refractivity contribution in [3.63, 3.8) is 0 Å². The molecule has 124 valence electrons. The highest BCUT2D eigenvalue weighted by Crippen LogP contribution is 2.37. The van der Waals surface area contributed by atoms with Crippen molar-refractivity contribution in [3.8, 4) is 10.4 Å². The number of nitrogens with one attached hydrogen (secondary N) is 1. The molecule has 3 N–H and O–H groups in total. The summed E-state index contributed by atoms with van der Waals surface area (Å²) < 4.78 is 0. The van der Waals surface area contributed by atoms with Crippen molar-refractivity contribution in [2.75, 3.05) is 19.8 Å². The topological polar surface area (TPSA) is 92.1 Å². The zero-order chi connectivity index (χ0) is 17.6. The number of H-pyrrole nitrogens is 1. The minimum Gasteiger partial charge on any atom is -0.369 e. The van der Waals surface area contributed by atoms with Gasteiger partial charge in [-0.2, -0.15) is 0 Å². The van der Waals surface area contributed by atoms with Crippen LogP contribution in [-0.2, 0) is 0 Å². The first-order valence-electron chi connectivity index (χ1n) is 7.10. The number of nitrogen functional groups attached to an aromatic ring is 1. The molecule has 3 aromatic rings. The van der Waals surface area contributed by atoms with E-state index in [1.54, 1.807) is 26.2 Å². The number of carbonyl (C=O) groups excluding carboxylic acids is 1. The van der Waals surface area contributed by atoms with Gasteiger partial charge in [0.15, 0.2) is 0 Å². The summed E-state index contributed by atoms with van der Waals surface area (Å²) in [6.07, 6.45) is 0. The molecule has 6 nitrogen and oxygen atoms in total. The standard InChI is InChI=1S/C16H15ClN4O2S/c1-7-11-13(22)19-16(18)20-14(11)24-12(7)8-4-5-10(17)9(6-8)15(23)21(2)3/h4-6H,1-3H3,(H3,18,19,20,22). The number of hydrogen-bond acceptors (Lipinski definition) is 5. The average molecular weight is 363 g/mol. The zero-order valence-electron chi connectivity index (χ0n) is 13.3. The van der Waals surface area contributed by atoms with E-state index < -0.39 is 0 Å². The zero-order valence-corrected chi connectivity index (χ0v) is 14.9. The number of fused-ring (bicyclic) bond motifs is 1. The summed E-state index contributed by atoms with van der Waals surface area (Å²) in [5.41, 5.74) is 7.37. The first kappa shape index (κ1) is 16.5. The predicted molar refractivity (Wildman–Crippen MR) is 97.9 cm³/mol. The Kier molecular flexibility index (Phi) is 4.06. The van der Waals surface area contributed by atoms with E-state index >= 15 is 0 Å². The number of thiophene rings is 1. The number of amides is 1. The average Bonchev–Trinajstić information content (AvgIpc) is 2.84. The van der Waals surface area contributed by atoms with Crippen LogP contribution in [0.3, 0.4) is 0 Å². The van der Waals surface area contributed by atoms with Gasteiger partial charge in [0, 0.05) is 19.0 Å². The molecule has 1 amide bonds. The minimum absolute atomic E-state index is 0.0832. The fourth-order valence-corrected chi connectivity index (χ4v) is 3.89. The van der Waals surface area contributed by atoms with Crippen LogP contribution in [0, 0.1) is 6.92 Å². The quantitative estimate of drug-likeness (QED) is 0.733. The number of nitrogens with two attached hydrogens (primary N) is 1. The summed E-state index contributed by atoms with van der Waals surface area (Å²) in [4.78, 5) is 34.0. The van der Waals surface area contributed by atoms with E-state index in [-0.39, 0.29) is 17.4 Å². The number of rotatable bonds is 2. The molecule has 2 heterocycles. The summed E-state index contributed by atoms with van der Waals surface area (Å²) in [6, 6.07) is 5.24. The maximum Gasteiger partial charge on any atom is 0.261 e. The molecule has 0 aliphatic heterocycles. The Hall–Kier alpha value is -2.38. The van der Waals surface area contributed by atoms with Crippen molar-refractivity contribution < 1.29 is 4.79 Å². The Balaban J connectivity index is 2.23. The highest BCUT2D eigenvalue weighted by molar-refractivity contribution is 7.22. The van der Waals surface area contributed by atoms with Crippen LogP contribution in [0.5, 0.6) is 0 Å². The molecule has 0 unspecified atom stereocenters. The van der Waals surface area contributed by atoms with Gasteiger partial charge in [0.1, 0.15) is 4.83 Å². The Morgan fingerprint density at radius 2 is 2.08 bits per heavy atom. The summed E-state index contributed by atoms with van der Waals surface area (Å²) >= 11 is 7.52. The number of aromatic nitrogens is 2. The fraction of sp³-hybridized carbons (Fsp3) is 0.188. The van der Waals surface area contributed by atoms with E-state index in [0.717, 1.165) is 16.0 Å². The highest BCUT2D eigenvalue weighted by atomic mass is 35.5. The van der Waals surface area contributed by atoms with Gasteiger partial charge in [0.05, 0.1) is 16.0 Å². The van der Waals surface area contributed by atoms with Crippen LogP contribution in [-0.4, -0.2) is 34.9 Å². The van der Waals surface area contributed by atoms with E-state index in [0.29, 0.717) is 20.8 Å². The van der Waals surface area contributed by atoms with Crippen molar-refractivity contribution in [2.24, 2.45) is 0 Å². The molecule has 0 saturated heterocycles. The van der Waals surface area contributed by atoms with Gasteiger partial charge >= 0.3 is 0 Å². The molecule has 0 fully saturated rings. The van der Waals surface area contributed by atoms with E-state index in [1.165, 1.54) is 16.2 Å². The molecule has 3 rings (SSSR count). The van der Waals surface area contributed by atoms with Crippen LogP contribution >= 0.6 is 22.9 Å². The van der Waals surface area contributed by atoms with E-state index in [2.05, 4.69) is 9.97 Å². The number of anilines is 1. The lowest BCUT2D eigenvalue weighted by atomic mass is 10.1. The minimum atomic E-state index is -0.268. The van der Waals surface area contributed by atoms with E-state index in [4.69, 9.17) is 17.3 Å². The van der Waals surface area contributed by atoms with Gasteiger partial charge in [-0.05, 0) is 30.2 Å². The van der Waals surface area contributed by atoms with Crippen molar-refractivity contribution in [3.05, 3.63) is 44.7 Å². The number of carbonyl (C=O) groups is 1. The molecule has 0 saturated carbocycles. The third kappa shape index (κ3) is 2.65. The third-order valence-electron chi connectivity index (χ3n) is 3.68. The summed E-state index contributed by atoms with van der Waals surface area (Å²) in [5.74, 6) is -0.0966. The Bertz CT molecular complexity index is 1020. The van der Waals surface area contributed by atoms with Crippen molar-refractivity contribution in [1.82, 2.24) is 14.9 Å². The molecule has 1 aromatic carbocycles. The number of aromatic amines is 1. The second-order valence-corrected chi connectivity index (χ2v) is 6.99. The highest BCUT2D eigenvalue weighted by Gasteiger charge is 2.18. The smallest absolute Gasteiger partial charge is 0.261 e. The molecule has 0 aliphatic rings. The lowest BCUT2D eigenvalue weighted by Crippen LogP contribution is -2.22. The molecular weight excluding hydrogens is 348 g/mol. The lowest BCUT2D eigenvalue weighted by Gasteiger charge is -2.12. The fourth-order valence-electron chi connectivity index (χ4n) is 2.51. The molecule has 0 spiro atoms. The van der Waals surface area contributed by atoms with Gasteiger partial charge in [0.2, 0.25) is 5.95 Å². The van der Waals surface area contributed by atoms with Crippen LogP contribution in [0.2, 0.25) is 5.02 Å². The third-order valence-corrected chi connectivity index (χ3v) is 5.25. The molecule has 2 aromatic heterocycles. The number of aryl methyl sites for hydroxylation is 1. The van der Waals surface area contributed by atoms with Crippen LogP contribution < -0.4 is 11.3 Å². The molecule has 0 atom stereocenters. The first-order chi connectivity index (χ1) is 11.3.